The van der Waals surface area contributed by atoms with Gasteiger partial charge in [0.15, 0.2) is 0 Å². The Balaban J connectivity index is 1.48. The van der Waals surface area contributed by atoms with Crippen LogP contribution in [0.1, 0.15) is 21.5 Å². The Hall–Kier alpha value is -4.08. The predicted molar refractivity (Wildman–Crippen MR) is 103 cm³/mol. The molecule has 0 aliphatic rings. The van der Waals surface area contributed by atoms with Crippen LogP contribution in [0.5, 0.6) is 0 Å². The van der Waals surface area contributed by atoms with Gasteiger partial charge in [0.25, 0.3) is 11.6 Å². The second-order valence-corrected chi connectivity index (χ2v) is 6.18. The molecule has 0 spiro atoms. The third-order valence-corrected chi connectivity index (χ3v) is 4.02. The van der Waals surface area contributed by atoms with E-state index in [0.29, 0.717) is 13.1 Å². The second-order valence-electron chi connectivity index (χ2n) is 6.18. The number of aromatic nitrogens is 3. The maximum Gasteiger partial charge on any atom is 0.270 e. The Bertz CT molecular complexity index is 1020. The molecule has 0 aliphatic heterocycles. The molecule has 2 aromatic carbocycles. The van der Waals surface area contributed by atoms with Crippen molar-refractivity contribution in [2.45, 2.75) is 13.1 Å². The summed E-state index contributed by atoms with van der Waals surface area (Å²) in [6.07, 6.45) is 3.09. The zero-order valence-electron chi connectivity index (χ0n) is 15.3. The molecule has 0 aliphatic carbocycles. The third-order valence-electron chi connectivity index (χ3n) is 4.02. The van der Waals surface area contributed by atoms with Crippen molar-refractivity contribution >= 4 is 17.5 Å². The fourth-order valence-corrected chi connectivity index (χ4v) is 2.63. The normalized spacial score (nSPS) is 10.3. The summed E-state index contributed by atoms with van der Waals surface area (Å²) in [5.74, 6) is -0.927. The first-order valence-corrected chi connectivity index (χ1v) is 8.71. The van der Waals surface area contributed by atoms with Crippen molar-refractivity contribution in [1.82, 2.24) is 25.4 Å². The monoisotopic (exact) mass is 394 g/mol. The van der Waals surface area contributed by atoms with Gasteiger partial charge >= 0.3 is 0 Å². The Labute approximate surface area is 165 Å². The lowest BCUT2D eigenvalue weighted by Gasteiger charge is -2.09. The van der Waals surface area contributed by atoms with Crippen LogP contribution in [0, 0.1) is 10.1 Å². The van der Waals surface area contributed by atoms with Gasteiger partial charge in [-0.3, -0.25) is 19.7 Å². The SMILES string of the molecule is O=C(CNC(=O)c1cccc([N+](=O)[O-])c1)NCc1cccc(Cn2cncn2)c1. The molecular formula is C19H18N6O4. The fourth-order valence-electron chi connectivity index (χ4n) is 2.63. The van der Waals surface area contributed by atoms with Gasteiger partial charge in [0.1, 0.15) is 12.7 Å². The van der Waals surface area contributed by atoms with Crippen molar-refractivity contribution in [1.29, 1.82) is 0 Å². The predicted octanol–water partition coefficient (Wildman–Crippen LogP) is 1.28. The summed E-state index contributed by atoms with van der Waals surface area (Å²) in [5.41, 5.74) is 1.85. The van der Waals surface area contributed by atoms with E-state index in [1.165, 1.54) is 24.5 Å². The number of nitro groups is 1. The molecular weight excluding hydrogens is 376 g/mol. The van der Waals surface area contributed by atoms with Gasteiger partial charge in [0, 0.05) is 24.2 Å². The van der Waals surface area contributed by atoms with Crippen molar-refractivity contribution in [3.63, 3.8) is 0 Å². The molecule has 10 heteroatoms. The minimum absolute atomic E-state index is 0.118. The van der Waals surface area contributed by atoms with Crippen molar-refractivity contribution < 1.29 is 14.5 Å². The van der Waals surface area contributed by atoms with Gasteiger partial charge in [-0.05, 0) is 17.2 Å². The van der Waals surface area contributed by atoms with E-state index in [1.807, 2.05) is 24.3 Å². The van der Waals surface area contributed by atoms with Crippen LogP contribution >= 0.6 is 0 Å². The standard InChI is InChI=1S/C19H18N6O4/c26-18(10-22-19(27)16-5-2-6-17(8-16)25(28)29)21-9-14-3-1-4-15(7-14)11-24-13-20-12-23-24/h1-8,12-13H,9-11H2,(H,21,26)(H,22,27). The summed E-state index contributed by atoms with van der Waals surface area (Å²) in [4.78, 5) is 38.2. The molecule has 2 amide bonds. The first-order chi connectivity index (χ1) is 14.0. The zero-order chi connectivity index (χ0) is 20.6. The number of non-ortho nitro benzene ring substituents is 1. The number of carbonyl (C=O) groups excluding carboxylic acids is 2. The quantitative estimate of drug-likeness (QED) is 0.437. The highest BCUT2D eigenvalue weighted by Gasteiger charge is 2.12. The summed E-state index contributed by atoms with van der Waals surface area (Å²) >= 11 is 0. The number of benzene rings is 2. The van der Waals surface area contributed by atoms with E-state index in [4.69, 9.17) is 0 Å². The highest BCUT2D eigenvalue weighted by atomic mass is 16.6. The average Bonchev–Trinajstić information content (AvgIpc) is 3.24. The average molecular weight is 394 g/mol. The van der Waals surface area contributed by atoms with Crippen molar-refractivity contribution in [3.05, 3.63) is 88.0 Å². The van der Waals surface area contributed by atoms with Crippen LogP contribution in [0.4, 0.5) is 5.69 Å². The lowest BCUT2D eigenvalue weighted by atomic mass is 10.1. The second kappa shape index (κ2) is 9.22. The fraction of sp³-hybridized carbons (Fsp3) is 0.158. The molecule has 0 fully saturated rings. The lowest BCUT2D eigenvalue weighted by Crippen LogP contribution is -2.36. The van der Waals surface area contributed by atoms with Gasteiger partial charge in [0.2, 0.25) is 5.91 Å². The first kappa shape index (κ1) is 19.7. The van der Waals surface area contributed by atoms with Crippen LogP contribution < -0.4 is 10.6 Å². The summed E-state index contributed by atoms with van der Waals surface area (Å²) in [5, 5.41) is 20.0. The molecule has 0 saturated heterocycles. The van der Waals surface area contributed by atoms with Crippen molar-refractivity contribution in [2.75, 3.05) is 6.54 Å². The van der Waals surface area contributed by atoms with Crippen molar-refractivity contribution in [3.8, 4) is 0 Å². The van der Waals surface area contributed by atoms with Gasteiger partial charge in [-0.15, -0.1) is 0 Å². The first-order valence-electron chi connectivity index (χ1n) is 8.71. The van der Waals surface area contributed by atoms with Gasteiger partial charge < -0.3 is 10.6 Å². The Morgan fingerprint density at radius 3 is 2.62 bits per heavy atom. The number of nitrogens with one attached hydrogen (secondary N) is 2. The molecule has 0 unspecified atom stereocenters. The molecule has 1 aromatic heterocycles. The van der Waals surface area contributed by atoms with E-state index >= 15 is 0 Å². The van der Waals surface area contributed by atoms with Crippen LogP contribution in [0.15, 0.2) is 61.2 Å². The van der Waals surface area contributed by atoms with E-state index in [9.17, 15) is 19.7 Å². The highest BCUT2D eigenvalue weighted by Crippen LogP contribution is 2.12. The van der Waals surface area contributed by atoms with Crippen LogP contribution in [0.3, 0.4) is 0 Å². The number of hydrogen-bond donors (Lipinski definition) is 2. The van der Waals surface area contributed by atoms with E-state index < -0.39 is 10.8 Å². The van der Waals surface area contributed by atoms with E-state index in [0.717, 1.165) is 17.2 Å². The minimum atomic E-state index is -0.583. The molecule has 29 heavy (non-hydrogen) atoms. The zero-order valence-corrected chi connectivity index (χ0v) is 15.3. The van der Waals surface area contributed by atoms with E-state index in [2.05, 4.69) is 20.7 Å². The molecule has 2 N–H and O–H groups in total. The number of nitro benzene ring substituents is 1. The van der Waals surface area contributed by atoms with Gasteiger partial charge in [-0.1, -0.05) is 30.3 Å². The number of hydrogen-bond acceptors (Lipinski definition) is 6. The molecule has 148 valence electrons. The van der Waals surface area contributed by atoms with Crippen LogP contribution in [0.2, 0.25) is 0 Å². The smallest absolute Gasteiger partial charge is 0.270 e. The Morgan fingerprint density at radius 2 is 1.86 bits per heavy atom. The summed E-state index contributed by atoms with van der Waals surface area (Å²) in [6.45, 7) is 0.637. The number of amides is 2. The summed E-state index contributed by atoms with van der Waals surface area (Å²) in [6, 6.07) is 13.0. The molecule has 1 heterocycles. The molecule has 0 saturated carbocycles. The summed E-state index contributed by atoms with van der Waals surface area (Å²) < 4.78 is 1.70. The van der Waals surface area contributed by atoms with Crippen LogP contribution in [-0.2, 0) is 17.9 Å². The topological polar surface area (TPSA) is 132 Å². The third kappa shape index (κ3) is 5.70. The van der Waals surface area contributed by atoms with Gasteiger partial charge in [0.05, 0.1) is 18.0 Å². The van der Waals surface area contributed by atoms with Gasteiger partial charge in [-0.2, -0.15) is 5.10 Å². The van der Waals surface area contributed by atoms with Crippen LogP contribution in [0.25, 0.3) is 0 Å². The van der Waals surface area contributed by atoms with Crippen LogP contribution in [-0.4, -0.2) is 38.0 Å². The molecule has 3 aromatic rings. The lowest BCUT2D eigenvalue weighted by molar-refractivity contribution is -0.384. The maximum atomic E-state index is 12.1. The Kier molecular flexibility index (Phi) is 6.25. The van der Waals surface area contributed by atoms with Gasteiger partial charge in [-0.25, -0.2) is 9.67 Å². The van der Waals surface area contributed by atoms with E-state index in [1.54, 1.807) is 11.0 Å². The molecule has 10 nitrogen and oxygen atoms in total. The highest BCUT2D eigenvalue weighted by molar-refractivity contribution is 5.96. The maximum absolute atomic E-state index is 12.1. The Morgan fingerprint density at radius 1 is 1.07 bits per heavy atom. The van der Waals surface area contributed by atoms with E-state index in [-0.39, 0.29) is 23.7 Å². The molecule has 3 rings (SSSR count). The molecule has 0 bridgehead atoms. The number of rotatable bonds is 8. The molecule has 0 atom stereocenters. The largest absolute Gasteiger partial charge is 0.350 e. The van der Waals surface area contributed by atoms with Crippen molar-refractivity contribution in [2.24, 2.45) is 0 Å². The number of carbonyl (C=O) groups is 2. The molecule has 0 radical (unpaired) electrons. The minimum Gasteiger partial charge on any atom is -0.350 e. The number of nitrogens with zero attached hydrogens (tertiary/aromatic N) is 4. The summed E-state index contributed by atoms with van der Waals surface area (Å²) in [7, 11) is 0.